The van der Waals surface area contributed by atoms with Gasteiger partial charge in [-0.1, -0.05) is 26.0 Å². The van der Waals surface area contributed by atoms with Crippen LogP contribution in [0.4, 0.5) is 13.2 Å². The molecule has 6 nitrogen and oxygen atoms in total. The van der Waals surface area contributed by atoms with Gasteiger partial charge in [-0.05, 0) is 31.0 Å². The molecule has 0 saturated heterocycles. The molecule has 2 aromatic rings. The van der Waals surface area contributed by atoms with Gasteiger partial charge in [-0.25, -0.2) is 4.68 Å². The second-order valence-corrected chi connectivity index (χ2v) is 7.45. The van der Waals surface area contributed by atoms with Gasteiger partial charge in [0, 0.05) is 25.4 Å². The summed E-state index contributed by atoms with van der Waals surface area (Å²) in [5.41, 5.74) is 3.20. The SMILES string of the molecule is Cc1cc(=O)c(C(=O)N(C)CC(C)(C)CN)nn1-c1ccccc1C(F)(F)F.Cl. The number of para-hydroxylation sites is 1. The molecule has 0 aliphatic rings. The van der Waals surface area contributed by atoms with E-state index in [2.05, 4.69) is 5.10 Å². The smallest absolute Gasteiger partial charge is 0.340 e. The van der Waals surface area contributed by atoms with Crippen LogP contribution in [0.2, 0.25) is 0 Å². The molecule has 1 aromatic carbocycles. The van der Waals surface area contributed by atoms with E-state index in [1.807, 2.05) is 13.8 Å². The topological polar surface area (TPSA) is 81.2 Å². The van der Waals surface area contributed by atoms with Crippen LogP contribution in [0.1, 0.15) is 35.6 Å². The van der Waals surface area contributed by atoms with Crippen molar-refractivity contribution >= 4 is 18.3 Å². The van der Waals surface area contributed by atoms with Crippen LogP contribution >= 0.6 is 12.4 Å². The van der Waals surface area contributed by atoms with Crippen molar-refractivity contribution in [3.63, 3.8) is 0 Å². The molecular formula is C19H24ClF3N4O2. The van der Waals surface area contributed by atoms with Gasteiger partial charge < -0.3 is 10.6 Å². The normalized spacial score (nSPS) is 11.7. The number of carbonyl (C=O) groups excluding carboxylic acids is 1. The van der Waals surface area contributed by atoms with Crippen molar-refractivity contribution in [1.29, 1.82) is 0 Å². The van der Waals surface area contributed by atoms with Crippen LogP contribution in [0, 0.1) is 12.3 Å². The van der Waals surface area contributed by atoms with Gasteiger partial charge in [-0.2, -0.15) is 18.3 Å². The molecule has 29 heavy (non-hydrogen) atoms. The van der Waals surface area contributed by atoms with Gasteiger partial charge in [0.2, 0.25) is 5.43 Å². The number of rotatable bonds is 5. The van der Waals surface area contributed by atoms with Gasteiger partial charge in [0.25, 0.3) is 5.91 Å². The van der Waals surface area contributed by atoms with Crippen molar-refractivity contribution in [1.82, 2.24) is 14.7 Å². The fourth-order valence-electron chi connectivity index (χ4n) is 2.80. The van der Waals surface area contributed by atoms with Crippen LogP contribution in [0.3, 0.4) is 0 Å². The highest BCUT2D eigenvalue weighted by Crippen LogP contribution is 2.33. The number of hydrogen-bond donors (Lipinski definition) is 1. The first-order valence-corrected chi connectivity index (χ1v) is 8.60. The van der Waals surface area contributed by atoms with Crippen molar-refractivity contribution in [2.24, 2.45) is 11.1 Å². The Kier molecular flexibility index (Phi) is 7.61. The predicted molar refractivity (Wildman–Crippen MR) is 107 cm³/mol. The highest BCUT2D eigenvalue weighted by molar-refractivity contribution is 5.92. The zero-order valence-electron chi connectivity index (χ0n) is 16.6. The second kappa shape index (κ2) is 8.96. The molecule has 0 radical (unpaired) electrons. The fourth-order valence-corrected chi connectivity index (χ4v) is 2.80. The maximum atomic E-state index is 13.4. The maximum absolute atomic E-state index is 13.4. The largest absolute Gasteiger partial charge is 0.418 e. The Bertz CT molecular complexity index is 942. The van der Waals surface area contributed by atoms with E-state index in [0.717, 1.165) is 16.8 Å². The predicted octanol–water partition coefficient (Wildman–Crippen LogP) is 3.04. The van der Waals surface area contributed by atoms with Gasteiger partial charge in [0.05, 0.1) is 11.3 Å². The summed E-state index contributed by atoms with van der Waals surface area (Å²) in [5.74, 6) is -0.676. The summed E-state index contributed by atoms with van der Waals surface area (Å²) in [6, 6.07) is 5.96. The standard InChI is InChI=1S/C19H23F3N4O2.ClH/c1-12-9-15(27)16(17(28)25(4)11-18(2,3)10-23)24-26(12)14-8-6-5-7-13(14)19(20,21)22;/h5-9H,10-11,23H2,1-4H3;1H. The number of nitrogens with zero attached hydrogens (tertiary/aromatic N) is 3. The molecule has 0 unspecified atom stereocenters. The highest BCUT2D eigenvalue weighted by Gasteiger charge is 2.34. The minimum atomic E-state index is -4.61. The number of aryl methyl sites for hydroxylation is 1. The molecule has 160 valence electrons. The van der Waals surface area contributed by atoms with E-state index in [9.17, 15) is 22.8 Å². The van der Waals surface area contributed by atoms with Gasteiger partial charge in [0.1, 0.15) is 0 Å². The first-order chi connectivity index (χ1) is 12.9. The molecule has 0 spiro atoms. The number of alkyl halides is 3. The lowest BCUT2D eigenvalue weighted by Gasteiger charge is -2.28. The van der Waals surface area contributed by atoms with Crippen molar-refractivity contribution in [3.8, 4) is 5.69 Å². The zero-order chi connectivity index (χ0) is 21.3. The lowest BCUT2D eigenvalue weighted by molar-refractivity contribution is -0.137. The van der Waals surface area contributed by atoms with E-state index in [1.165, 1.54) is 37.1 Å². The van der Waals surface area contributed by atoms with Crippen LogP contribution in [0.5, 0.6) is 0 Å². The van der Waals surface area contributed by atoms with E-state index in [0.29, 0.717) is 6.54 Å². The Hall–Kier alpha value is -2.39. The molecule has 0 aliphatic carbocycles. The van der Waals surface area contributed by atoms with E-state index < -0.39 is 34.2 Å². The minimum absolute atomic E-state index is 0. The lowest BCUT2D eigenvalue weighted by atomic mass is 9.93. The number of nitrogens with two attached hydrogens (primary N) is 1. The Morgan fingerprint density at radius 2 is 1.83 bits per heavy atom. The van der Waals surface area contributed by atoms with E-state index in [4.69, 9.17) is 5.73 Å². The number of aromatic nitrogens is 2. The summed E-state index contributed by atoms with van der Waals surface area (Å²) in [6.45, 7) is 5.75. The van der Waals surface area contributed by atoms with Crippen molar-refractivity contribution in [3.05, 3.63) is 57.5 Å². The first kappa shape index (κ1) is 24.6. The number of carbonyl (C=O) groups is 1. The molecule has 1 amide bonds. The Morgan fingerprint density at radius 1 is 1.24 bits per heavy atom. The molecule has 1 aromatic heterocycles. The lowest BCUT2D eigenvalue weighted by Crippen LogP contribution is -2.42. The molecular weight excluding hydrogens is 409 g/mol. The van der Waals surface area contributed by atoms with Crippen molar-refractivity contribution < 1.29 is 18.0 Å². The van der Waals surface area contributed by atoms with E-state index in [1.54, 1.807) is 0 Å². The third-order valence-corrected chi connectivity index (χ3v) is 4.31. The molecule has 0 fully saturated rings. The van der Waals surface area contributed by atoms with Crippen molar-refractivity contribution in [2.75, 3.05) is 20.1 Å². The molecule has 0 bridgehead atoms. The number of hydrogen-bond acceptors (Lipinski definition) is 4. The fraction of sp³-hybridized carbons (Fsp3) is 0.421. The molecule has 0 atom stereocenters. The summed E-state index contributed by atoms with van der Waals surface area (Å²) >= 11 is 0. The summed E-state index contributed by atoms with van der Waals surface area (Å²) in [7, 11) is 1.49. The summed E-state index contributed by atoms with van der Waals surface area (Å²) < 4.78 is 41.1. The number of benzene rings is 1. The molecule has 0 saturated carbocycles. The Labute approximate surface area is 172 Å². The van der Waals surface area contributed by atoms with E-state index >= 15 is 0 Å². The van der Waals surface area contributed by atoms with Crippen LogP contribution in [-0.4, -0.2) is 40.7 Å². The summed E-state index contributed by atoms with van der Waals surface area (Å²) in [5, 5.41) is 3.97. The van der Waals surface area contributed by atoms with E-state index in [-0.39, 0.29) is 30.3 Å². The van der Waals surface area contributed by atoms with Crippen LogP contribution in [0.25, 0.3) is 5.69 Å². The molecule has 2 rings (SSSR count). The molecule has 2 N–H and O–H groups in total. The average molecular weight is 433 g/mol. The Morgan fingerprint density at radius 3 is 2.38 bits per heavy atom. The minimum Gasteiger partial charge on any atom is -0.340 e. The number of halogens is 4. The third kappa shape index (κ3) is 5.57. The molecule has 0 aliphatic heterocycles. The summed E-state index contributed by atoms with van der Waals surface area (Å²) in [4.78, 5) is 26.3. The Balaban J connectivity index is 0.00000420. The van der Waals surface area contributed by atoms with Crippen LogP contribution < -0.4 is 11.2 Å². The van der Waals surface area contributed by atoms with Gasteiger partial charge in [0.15, 0.2) is 5.69 Å². The van der Waals surface area contributed by atoms with Crippen LogP contribution in [0.15, 0.2) is 35.1 Å². The average Bonchev–Trinajstić information content (AvgIpc) is 2.60. The quantitative estimate of drug-likeness (QED) is 0.787. The van der Waals surface area contributed by atoms with Gasteiger partial charge in [-0.15, -0.1) is 12.4 Å². The number of amides is 1. The molecule has 1 heterocycles. The molecule has 10 heteroatoms. The van der Waals surface area contributed by atoms with Gasteiger partial charge in [-0.3, -0.25) is 9.59 Å². The first-order valence-electron chi connectivity index (χ1n) is 8.60. The maximum Gasteiger partial charge on any atom is 0.418 e. The third-order valence-electron chi connectivity index (χ3n) is 4.31. The second-order valence-electron chi connectivity index (χ2n) is 7.45. The monoisotopic (exact) mass is 432 g/mol. The van der Waals surface area contributed by atoms with Crippen LogP contribution in [-0.2, 0) is 6.18 Å². The van der Waals surface area contributed by atoms with Gasteiger partial charge >= 0.3 is 6.18 Å². The highest BCUT2D eigenvalue weighted by atomic mass is 35.5. The zero-order valence-corrected chi connectivity index (χ0v) is 17.4. The summed E-state index contributed by atoms with van der Waals surface area (Å²) in [6.07, 6.45) is -4.61. The van der Waals surface area contributed by atoms with Crippen molar-refractivity contribution in [2.45, 2.75) is 26.9 Å².